The fraction of sp³-hybridized carbons (Fsp3) is 0.733. The van der Waals surface area contributed by atoms with Gasteiger partial charge in [0.1, 0.15) is 6.04 Å². The van der Waals surface area contributed by atoms with Crippen LogP contribution in [0.3, 0.4) is 0 Å². The normalized spacial score (nSPS) is 11.6. The van der Waals surface area contributed by atoms with Gasteiger partial charge in [0.05, 0.1) is 12.5 Å². The van der Waals surface area contributed by atoms with Crippen molar-refractivity contribution >= 4 is 24.0 Å². The molecule has 1 atom stereocenters. The lowest BCUT2D eigenvalue weighted by molar-refractivity contribution is -0.173. The van der Waals surface area contributed by atoms with E-state index in [1.165, 1.54) is 7.05 Å². The number of hydroxylamine groups is 2. The largest absolute Gasteiger partial charge is 0.480 e. The molecule has 0 saturated carbocycles. The van der Waals surface area contributed by atoms with Gasteiger partial charge < -0.3 is 19.6 Å². The molecule has 138 valence electrons. The van der Waals surface area contributed by atoms with E-state index < -0.39 is 36.0 Å². The highest BCUT2D eigenvalue weighted by Gasteiger charge is 2.33. The minimum atomic E-state index is -1.14. The number of carboxylic acids is 1. The summed E-state index contributed by atoms with van der Waals surface area (Å²) in [6.07, 6.45) is 0.350. The fourth-order valence-corrected chi connectivity index (χ4v) is 1.66. The third-order valence-electron chi connectivity index (χ3n) is 3.09. The minimum absolute atomic E-state index is 0.0862. The summed E-state index contributed by atoms with van der Waals surface area (Å²) in [5.41, 5.74) is 0. The van der Waals surface area contributed by atoms with Crippen LogP contribution in [0.5, 0.6) is 0 Å². The summed E-state index contributed by atoms with van der Waals surface area (Å²) in [7, 11) is 1.35. The number of likely N-dealkylation sites (N-methyl/N-ethyl adjacent to an activating group) is 1. The maximum atomic E-state index is 12.1. The first kappa shape index (κ1) is 21.7. The van der Waals surface area contributed by atoms with Crippen molar-refractivity contribution in [2.45, 2.75) is 53.0 Å². The lowest BCUT2D eigenvalue weighted by Gasteiger charge is -2.31. The molecule has 0 radical (unpaired) electrons. The van der Waals surface area contributed by atoms with Crippen LogP contribution >= 0.6 is 0 Å². The third-order valence-corrected chi connectivity index (χ3v) is 3.09. The highest BCUT2D eigenvalue weighted by atomic mass is 16.8. The number of amides is 1. The van der Waals surface area contributed by atoms with Crippen molar-refractivity contribution in [3.8, 4) is 0 Å². The molecule has 9 heteroatoms. The molecular weight excluding hydrogens is 318 g/mol. The Balaban J connectivity index is 5.36. The third kappa shape index (κ3) is 6.43. The van der Waals surface area contributed by atoms with Crippen LogP contribution in [0.2, 0.25) is 0 Å². The smallest absolute Gasteiger partial charge is 0.451 e. The SMILES string of the molecule is CCCOC(=O)N(OC(=O)C(C)C)C(=N)N(C)C(CCC)C(=O)O. The minimum Gasteiger partial charge on any atom is -0.480 e. The Labute approximate surface area is 142 Å². The highest BCUT2D eigenvalue weighted by Crippen LogP contribution is 2.11. The molecule has 0 rings (SSSR count). The number of nitrogens with one attached hydrogen (secondary N) is 1. The summed E-state index contributed by atoms with van der Waals surface area (Å²) < 4.78 is 4.90. The predicted octanol–water partition coefficient (Wildman–Crippen LogP) is 2.07. The molecule has 1 amide bonds. The van der Waals surface area contributed by atoms with Gasteiger partial charge in [-0.05, 0) is 12.8 Å². The highest BCUT2D eigenvalue weighted by molar-refractivity contribution is 5.94. The number of hydrogen-bond acceptors (Lipinski definition) is 6. The van der Waals surface area contributed by atoms with Crippen LogP contribution in [0.1, 0.15) is 47.0 Å². The number of aliphatic carboxylic acids is 1. The molecule has 0 fully saturated rings. The zero-order valence-electron chi connectivity index (χ0n) is 14.9. The van der Waals surface area contributed by atoms with Gasteiger partial charge >= 0.3 is 18.0 Å². The van der Waals surface area contributed by atoms with Gasteiger partial charge in [-0.2, -0.15) is 0 Å². The first-order valence-corrected chi connectivity index (χ1v) is 7.90. The van der Waals surface area contributed by atoms with Crippen LogP contribution in [-0.4, -0.2) is 58.8 Å². The second kappa shape index (κ2) is 10.5. The van der Waals surface area contributed by atoms with Crippen molar-refractivity contribution in [1.82, 2.24) is 9.96 Å². The molecule has 0 saturated heterocycles. The van der Waals surface area contributed by atoms with E-state index in [-0.39, 0.29) is 13.0 Å². The Morgan fingerprint density at radius 3 is 2.17 bits per heavy atom. The average Bonchev–Trinajstić information content (AvgIpc) is 2.53. The van der Waals surface area contributed by atoms with Crippen molar-refractivity contribution in [3.05, 3.63) is 0 Å². The van der Waals surface area contributed by atoms with E-state index in [2.05, 4.69) is 0 Å². The quantitative estimate of drug-likeness (QED) is 0.411. The molecule has 24 heavy (non-hydrogen) atoms. The molecule has 1 unspecified atom stereocenters. The van der Waals surface area contributed by atoms with E-state index >= 15 is 0 Å². The van der Waals surface area contributed by atoms with Gasteiger partial charge in [-0.3, -0.25) is 5.41 Å². The maximum Gasteiger partial charge on any atom is 0.451 e. The van der Waals surface area contributed by atoms with Gasteiger partial charge in [0.15, 0.2) is 0 Å². The fourth-order valence-electron chi connectivity index (χ4n) is 1.66. The maximum absolute atomic E-state index is 12.1. The van der Waals surface area contributed by atoms with E-state index in [1.807, 2.05) is 0 Å². The van der Waals surface area contributed by atoms with Crippen LogP contribution in [0.4, 0.5) is 4.79 Å². The van der Waals surface area contributed by atoms with E-state index in [0.29, 0.717) is 17.9 Å². The molecule has 0 aliphatic heterocycles. The molecule has 2 N–H and O–H groups in total. The number of guanidine groups is 1. The Bertz CT molecular complexity index is 466. The summed E-state index contributed by atoms with van der Waals surface area (Å²) in [4.78, 5) is 41.2. The van der Waals surface area contributed by atoms with Crippen LogP contribution in [-0.2, 0) is 19.2 Å². The second-order valence-corrected chi connectivity index (χ2v) is 5.55. The zero-order valence-corrected chi connectivity index (χ0v) is 14.9. The van der Waals surface area contributed by atoms with Gasteiger partial charge in [-0.25, -0.2) is 14.4 Å². The molecule has 0 aromatic rings. The molecule has 0 aliphatic rings. The second-order valence-electron chi connectivity index (χ2n) is 5.55. The number of rotatable bonds is 7. The number of ether oxygens (including phenoxy) is 1. The molecular formula is C15H27N3O6. The zero-order chi connectivity index (χ0) is 18.9. The molecule has 0 heterocycles. The van der Waals surface area contributed by atoms with Gasteiger partial charge in [0, 0.05) is 7.05 Å². The standard InChI is InChI=1S/C15H27N3O6/c1-6-8-11(12(19)20)17(5)14(16)18(15(22)23-9-7-2)24-13(21)10(3)4/h10-11,16H,6-9H2,1-5H3,(H,19,20). The lowest BCUT2D eigenvalue weighted by Crippen LogP contribution is -2.52. The first-order valence-electron chi connectivity index (χ1n) is 7.90. The van der Waals surface area contributed by atoms with Crippen molar-refractivity contribution in [3.63, 3.8) is 0 Å². The van der Waals surface area contributed by atoms with Gasteiger partial charge in [-0.1, -0.05) is 39.2 Å². The van der Waals surface area contributed by atoms with Crippen molar-refractivity contribution in [2.24, 2.45) is 5.92 Å². The van der Waals surface area contributed by atoms with Crippen LogP contribution in [0.15, 0.2) is 0 Å². The van der Waals surface area contributed by atoms with E-state index in [9.17, 15) is 19.5 Å². The number of nitrogens with zero attached hydrogens (tertiary/aromatic N) is 2. The van der Waals surface area contributed by atoms with Crippen molar-refractivity contribution in [1.29, 1.82) is 5.41 Å². The van der Waals surface area contributed by atoms with Crippen LogP contribution in [0, 0.1) is 11.3 Å². The Hall–Kier alpha value is -2.32. The monoisotopic (exact) mass is 345 g/mol. The van der Waals surface area contributed by atoms with Gasteiger partial charge in [0.2, 0.25) is 5.96 Å². The summed E-state index contributed by atoms with van der Waals surface area (Å²) in [5.74, 6) is -2.98. The molecule has 0 aromatic heterocycles. The molecule has 0 aromatic carbocycles. The number of carbonyl (C=O) groups is 3. The Kier molecular flexibility index (Phi) is 9.44. The lowest BCUT2D eigenvalue weighted by atomic mass is 10.1. The Morgan fingerprint density at radius 2 is 1.75 bits per heavy atom. The molecule has 0 aliphatic carbocycles. The van der Waals surface area contributed by atoms with E-state index in [0.717, 1.165) is 4.90 Å². The van der Waals surface area contributed by atoms with E-state index in [4.69, 9.17) is 15.0 Å². The summed E-state index contributed by atoms with van der Waals surface area (Å²) >= 11 is 0. The first-order chi connectivity index (χ1) is 11.2. The average molecular weight is 345 g/mol. The van der Waals surface area contributed by atoms with E-state index in [1.54, 1.807) is 27.7 Å². The van der Waals surface area contributed by atoms with Gasteiger partial charge in [0.25, 0.3) is 0 Å². The summed E-state index contributed by atoms with van der Waals surface area (Å²) in [6.45, 7) is 6.82. The number of carbonyl (C=O) groups excluding carboxylic acids is 2. The number of hydrogen-bond donors (Lipinski definition) is 2. The number of carboxylic acid groups (broad SMARTS) is 1. The van der Waals surface area contributed by atoms with Crippen molar-refractivity contribution in [2.75, 3.05) is 13.7 Å². The summed E-state index contributed by atoms with van der Waals surface area (Å²) in [5, 5.41) is 17.7. The van der Waals surface area contributed by atoms with Crippen LogP contribution < -0.4 is 0 Å². The molecule has 9 nitrogen and oxygen atoms in total. The van der Waals surface area contributed by atoms with Crippen molar-refractivity contribution < 1.29 is 29.1 Å². The molecule has 0 bridgehead atoms. The topological polar surface area (TPSA) is 120 Å². The molecule has 0 spiro atoms. The Morgan fingerprint density at radius 1 is 1.17 bits per heavy atom. The van der Waals surface area contributed by atoms with Gasteiger partial charge in [-0.15, -0.1) is 0 Å². The predicted molar refractivity (Wildman–Crippen MR) is 86.2 cm³/mol. The summed E-state index contributed by atoms with van der Waals surface area (Å²) in [6, 6.07) is -1.03. The van der Waals surface area contributed by atoms with Crippen LogP contribution in [0.25, 0.3) is 0 Å².